The highest BCUT2D eigenvalue weighted by molar-refractivity contribution is 9.10. The second kappa shape index (κ2) is 5.36. The van der Waals surface area contributed by atoms with Gasteiger partial charge >= 0.3 is 0 Å². The number of carbonyl (C=O) groups excluding carboxylic acids is 1. The Bertz CT molecular complexity index is 646. The molecule has 0 saturated heterocycles. The molecule has 0 radical (unpaired) electrons. The molecule has 0 bridgehead atoms. The van der Waals surface area contributed by atoms with E-state index in [1.807, 2.05) is 13.0 Å². The van der Waals surface area contributed by atoms with Crippen molar-refractivity contribution in [1.29, 1.82) is 0 Å². The Kier molecular flexibility index (Phi) is 3.80. The van der Waals surface area contributed by atoms with E-state index in [1.54, 1.807) is 12.1 Å². The van der Waals surface area contributed by atoms with Gasteiger partial charge < -0.3 is 11.1 Å². The molecule has 0 spiro atoms. The van der Waals surface area contributed by atoms with Crippen LogP contribution in [0.2, 0.25) is 0 Å². The average Bonchev–Trinajstić information content (AvgIpc) is 2.38. The minimum atomic E-state index is -0.816. The van der Waals surface area contributed by atoms with Crippen LogP contribution in [0.1, 0.15) is 15.9 Å². The van der Waals surface area contributed by atoms with E-state index in [4.69, 9.17) is 5.73 Å². The van der Waals surface area contributed by atoms with Gasteiger partial charge in [0.25, 0.3) is 5.91 Å². The van der Waals surface area contributed by atoms with Gasteiger partial charge in [0.05, 0.1) is 11.3 Å². The zero-order valence-corrected chi connectivity index (χ0v) is 11.7. The van der Waals surface area contributed by atoms with Gasteiger partial charge in [-0.2, -0.15) is 0 Å². The molecule has 6 heteroatoms. The van der Waals surface area contributed by atoms with Gasteiger partial charge in [0.2, 0.25) is 0 Å². The fourth-order valence-corrected chi connectivity index (χ4v) is 1.93. The lowest BCUT2D eigenvalue weighted by Crippen LogP contribution is -2.15. The van der Waals surface area contributed by atoms with E-state index < -0.39 is 11.7 Å². The average molecular weight is 324 g/mol. The van der Waals surface area contributed by atoms with E-state index >= 15 is 0 Å². The molecule has 0 unspecified atom stereocenters. The van der Waals surface area contributed by atoms with E-state index in [0.29, 0.717) is 5.69 Å². The van der Waals surface area contributed by atoms with Gasteiger partial charge in [-0.25, -0.2) is 9.37 Å². The predicted molar refractivity (Wildman–Crippen MR) is 75.4 cm³/mol. The quantitative estimate of drug-likeness (QED) is 0.892. The van der Waals surface area contributed by atoms with Crippen molar-refractivity contribution in [3.8, 4) is 0 Å². The van der Waals surface area contributed by atoms with Gasteiger partial charge in [0.15, 0.2) is 11.6 Å². The molecule has 4 nitrogen and oxygen atoms in total. The van der Waals surface area contributed by atoms with E-state index in [9.17, 15) is 9.18 Å². The number of carbonyl (C=O) groups is 1. The van der Waals surface area contributed by atoms with Crippen molar-refractivity contribution < 1.29 is 9.18 Å². The van der Waals surface area contributed by atoms with Gasteiger partial charge in [-0.3, -0.25) is 4.79 Å². The molecule has 0 fully saturated rings. The summed E-state index contributed by atoms with van der Waals surface area (Å²) in [7, 11) is 0. The SMILES string of the molecule is Cc1cccc(NC(=O)c2ccnc(N)c2F)c1Br. The van der Waals surface area contributed by atoms with Crippen LogP contribution < -0.4 is 11.1 Å². The first-order chi connectivity index (χ1) is 9.00. The summed E-state index contributed by atoms with van der Waals surface area (Å²) in [5.74, 6) is -1.68. The Labute approximate surface area is 118 Å². The number of aryl methyl sites for hydroxylation is 1. The van der Waals surface area contributed by atoms with Crippen LogP contribution in [0.4, 0.5) is 15.9 Å². The molecule has 0 aliphatic rings. The largest absolute Gasteiger partial charge is 0.381 e. The van der Waals surface area contributed by atoms with Gasteiger partial charge in [-0.05, 0) is 40.5 Å². The molecule has 1 aromatic heterocycles. The minimum Gasteiger partial charge on any atom is -0.381 e. The fraction of sp³-hybridized carbons (Fsp3) is 0.0769. The van der Waals surface area contributed by atoms with Crippen molar-refractivity contribution in [2.24, 2.45) is 0 Å². The van der Waals surface area contributed by atoms with E-state index in [-0.39, 0.29) is 11.4 Å². The van der Waals surface area contributed by atoms with Crippen molar-refractivity contribution in [1.82, 2.24) is 4.98 Å². The maximum Gasteiger partial charge on any atom is 0.258 e. The first-order valence-corrected chi connectivity index (χ1v) is 6.26. The van der Waals surface area contributed by atoms with Crippen LogP contribution >= 0.6 is 15.9 Å². The molecule has 2 rings (SSSR count). The Morgan fingerprint density at radius 3 is 2.89 bits per heavy atom. The van der Waals surface area contributed by atoms with E-state index in [2.05, 4.69) is 26.2 Å². The predicted octanol–water partition coefficient (Wildman–Crippen LogP) is 3.13. The fourth-order valence-electron chi connectivity index (χ4n) is 1.57. The molecule has 98 valence electrons. The number of hydrogen-bond donors (Lipinski definition) is 2. The smallest absolute Gasteiger partial charge is 0.258 e. The number of nitrogens with zero attached hydrogens (tertiary/aromatic N) is 1. The first kappa shape index (κ1) is 13.5. The number of aromatic nitrogens is 1. The highest BCUT2D eigenvalue weighted by Gasteiger charge is 2.15. The lowest BCUT2D eigenvalue weighted by molar-refractivity contribution is 0.102. The second-order valence-electron chi connectivity index (χ2n) is 3.95. The van der Waals surface area contributed by atoms with Crippen LogP contribution in [0.25, 0.3) is 0 Å². The van der Waals surface area contributed by atoms with Crippen molar-refractivity contribution in [3.05, 3.63) is 51.9 Å². The summed E-state index contributed by atoms with van der Waals surface area (Å²) in [5, 5.41) is 2.63. The standard InChI is InChI=1S/C13H11BrFN3O/c1-7-3-2-4-9(10(7)14)18-13(19)8-5-6-17-12(16)11(8)15/h2-6H,1H3,(H2,16,17)(H,18,19). The third kappa shape index (κ3) is 2.73. The maximum atomic E-state index is 13.7. The third-order valence-corrected chi connectivity index (χ3v) is 3.65. The van der Waals surface area contributed by atoms with Crippen LogP contribution in [-0.4, -0.2) is 10.9 Å². The summed E-state index contributed by atoms with van der Waals surface area (Å²) in [6, 6.07) is 6.69. The molecular formula is C13H11BrFN3O. The number of anilines is 2. The first-order valence-electron chi connectivity index (χ1n) is 5.47. The molecule has 0 aliphatic carbocycles. The molecule has 0 aliphatic heterocycles. The van der Waals surface area contributed by atoms with Gasteiger partial charge in [-0.1, -0.05) is 12.1 Å². The van der Waals surface area contributed by atoms with Crippen molar-refractivity contribution >= 4 is 33.3 Å². The number of nitrogen functional groups attached to an aromatic ring is 1. The zero-order valence-electron chi connectivity index (χ0n) is 10.1. The third-order valence-electron chi connectivity index (χ3n) is 2.60. The normalized spacial score (nSPS) is 10.3. The van der Waals surface area contributed by atoms with Crippen LogP contribution in [-0.2, 0) is 0 Å². The summed E-state index contributed by atoms with van der Waals surface area (Å²) in [6.45, 7) is 1.89. The molecule has 0 atom stereocenters. The number of rotatable bonds is 2. The number of nitrogens with one attached hydrogen (secondary N) is 1. The minimum absolute atomic E-state index is 0.138. The molecule has 1 amide bonds. The summed E-state index contributed by atoms with van der Waals surface area (Å²) in [6.07, 6.45) is 1.29. The lowest BCUT2D eigenvalue weighted by Gasteiger charge is -2.10. The van der Waals surface area contributed by atoms with E-state index in [1.165, 1.54) is 12.3 Å². The Morgan fingerprint density at radius 1 is 1.42 bits per heavy atom. The lowest BCUT2D eigenvalue weighted by atomic mass is 10.2. The number of amides is 1. The Hall–Kier alpha value is -1.95. The number of halogens is 2. The Balaban J connectivity index is 2.31. The van der Waals surface area contributed by atoms with Crippen molar-refractivity contribution in [2.75, 3.05) is 11.1 Å². The summed E-state index contributed by atoms with van der Waals surface area (Å²) in [5.41, 5.74) is 6.73. The number of hydrogen-bond acceptors (Lipinski definition) is 3. The molecule has 3 N–H and O–H groups in total. The Morgan fingerprint density at radius 2 is 2.16 bits per heavy atom. The van der Waals surface area contributed by atoms with Gasteiger partial charge in [-0.15, -0.1) is 0 Å². The second-order valence-corrected chi connectivity index (χ2v) is 4.74. The number of benzene rings is 1. The molecule has 0 saturated carbocycles. The molecule has 1 heterocycles. The van der Waals surface area contributed by atoms with Crippen molar-refractivity contribution in [3.63, 3.8) is 0 Å². The molecular weight excluding hydrogens is 313 g/mol. The van der Waals surface area contributed by atoms with Crippen LogP contribution in [0.5, 0.6) is 0 Å². The molecule has 1 aromatic carbocycles. The van der Waals surface area contributed by atoms with Crippen LogP contribution in [0.3, 0.4) is 0 Å². The highest BCUT2D eigenvalue weighted by atomic mass is 79.9. The van der Waals surface area contributed by atoms with E-state index in [0.717, 1.165) is 10.0 Å². The summed E-state index contributed by atoms with van der Waals surface area (Å²) in [4.78, 5) is 15.6. The topological polar surface area (TPSA) is 68.0 Å². The van der Waals surface area contributed by atoms with Crippen LogP contribution in [0.15, 0.2) is 34.9 Å². The molecule has 19 heavy (non-hydrogen) atoms. The van der Waals surface area contributed by atoms with Gasteiger partial charge in [0, 0.05) is 10.7 Å². The number of nitrogens with two attached hydrogens (primary N) is 1. The van der Waals surface area contributed by atoms with Crippen LogP contribution in [0, 0.1) is 12.7 Å². The highest BCUT2D eigenvalue weighted by Crippen LogP contribution is 2.26. The maximum absolute atomic E-state index is 13.7. The molecule has 2 aromatic rings. The number of pyridine rings is 1. The monoisotopic (exact) mass is 323 g/mol. The zero-order chi connectivity index (χ0) is 14.0. The van der Waals surface area contributed by atoms with Gasteiger partial charge in [0.1, 0.15) is 0 Å². The summed E-state index contributed by atoms with van der Waals surface area (Å²) < 4.78 is 14.4. The summed E-state index contributed by atoms with van der Waals surface area (Å²) >= 11 is 3.37. The van der Waals surface area contributed by atoms with Crippen molar-refractivity contribution in [2.45, 2.75) is 6.92 Å².